The average molecular weight is 392 g/mol. The number of hydrogen-bond acceptors (Lipinski definition) is 2. The van der Waals surface area contributed by atoms with Crippen LogP contribution < -0.4 is 26.3 Å². The molecule has 1 aromatic heterocycles. The first-order valence-electron chi connectivity index (χ1n) is 7.73. The highest BCUT2D eigenvalue weighted by Gasteiger charge is 2.17. The molecule has 0 radical (unpaired) electrons. The third kappa shape index (κ3) is 4.12. The minimum absolute atomic E-state index is 0. The molecule has 2 nitrogen and oxygen atoms in total. The number of aryl methyl sites for hydroxylation is 4. The third-order valence-electron chi connectivity index (χ3n) is 4.04. The zero-order valence-electron chi connectivity index (χ0n) is 13.8. The lowest BCUT2D eigenvalue weighted by Gasteiger charge is -2.04. The van der Waals surface area contributed by atoms with Crippen LogP contribution in [0.1, 0.15) is 22.6 Å². The van der Waals surface area contributed by atoms with Gasteiger partial charge in [0, 0.05) is 19.4 Å². The maximum absolute atomic E-state index is 5.79. The summed E-state index contributed by atoms with van der Waals surface area (Å²) in [5, 5.41) is 1.36. The van der Waals surface area contributed by atoms with Crippen molar-refractivity contribution in [2.24, 2.45) is 0 Å². The van der Waals surface area contributed by atoms with E-state index in [0.29, 0.717) is 0 Å². The van der Waals surface area contributed by atoms with Gasteiger partial charge in [-0.2, -0.15) is 4.57 Å². The van der Waals surface area contributed by atoms with E-state index in [4.69, 9.17) is 4.74 Å². The number of ether oxygens (including phenoxy) is 1. The summed E-state index contributed by atoms with van der Waals surface area (Å²) in [6.45, 7) is 8.32. The van der Waals surface area contributed by atoms with Gasteiger partial charge in [-0.1, -0.05) is 29.5 Å². The maximum atomic E-state index is 5.79. The van der Waals surface area contributed by atoms with Crippen LogP contribution in [0.25, 0.3) is 10.2 Å². The van der Waals surface area contributed by atoms with E-state index in [9.17, 15) is 0 Å². The van der Waals surface area contributed by atoms with Crippen LogP contribution in [0.15, 0.2) is 42.5 Å². The summed E-state index contributed by atoms with van der Waals surface area (Å²) in [6, 6.07) is 14.6. The number of fused-ring (bicyclic) bond motifs is 1. The van der Waals surface area contributed by atoms with Crippen molar-refractivity contribution in [3.63, 3.8) is 0 Å². The van der Waals surface area contributed by atoms with Gasteiger partial charge in [-0.15, -0.1) is 0 Å². The second kappa shape index (κ2) is 7.93. The zero-order valence-corrected chi connectivity index (χ0v) is 16.2. The molecule has 0 atom stereocenters. The van der Waals surface area contributed by atoms with Crippen LogP contribution >= 0.6 is 11.3 Å². The summed E-state index contributed by atoms with van der Waals surface area (Å²) in [7, 11) is 0. The highest BCUT2D eigenvalue weighted by molar-refractivity contribution is 7.18. The van der Waals surface area contributed by atoms with Gasteiger partial charge in [0.25, 0.3) is 0 Å². The molecule has 4 heteroatoms. The Morgan fingerprint density at radius 1 is 1.00 bits per heavy atom. The molecular weight excluding hydrogens is 370 g/mol. The van der Waals surface area contributed by atoms with Gasteiger partial charge in [0.1, 0.15) is 10.4 Å². The van der Waals surface area contributed by atoms with Gasteiger partial charge >= 0.3 is 0 Å². The minimum Gasteiger partial charge on any atom is -1.00 e. The molecule has 0 aliphatic heterocycles. The van der Waals surface area contributed by atoms with E-state index in [0.717, 1.165) is 25.3 Å². The number of nitrogens with zero attached hydrogens (tertiary/aromatic N) is 1. The standard InChI is InChI=1S/C19H22NOS.BrH/c1-14-12-18-19(13-15(14)2)22-16(3)20(18)10-7-11-21-17-8-5-4-6-9-17;/h4-6,8-9,12-13H,7,10-11H2,1-3H3;1H/q+1;/p-1. The molecule has 0 saturated carbocycles. The number of para-hydroxylation sites is 1. The summed E-state index contributed by atoms with van der Waals surface area (Å²) in [5.41, 5.74) is 4.08. The van der Waals surface area contributed by atoms with E-state index in [-0.39, 0.29) is 17.0 Å². The molecule has 3 aromatic rings. The molecule has 1 heterocycles. The predicted molar refractivity (Wildman–Crippen MR) is 92.8 cm³/mol. The first kappa shape index (κ1) is 18.0. The summed E-state index contributed by atoms with van der Waals surface area (Å²) < 4.78 is 9.59. The average Bonchev–Trinajstić information content (AvgIpc) is 2.80. The number of hydrogen-bond donors (Lipinski definition) is 0. The molecule has 122 valence electrons. The molecule has 0 N–H and O–H groups in total. The largest absolute Gasteiger partial charge is 1.00 e. The lowest BCUT2D eigenvalue weighted by atomic mass is 10.1. The van der Waals surface area contributed by atoms with Crippen LogP contribution in [0, 0.1) is 20.8 Å². The lowest BCUT2D eigenvalue weighted by Crippen LogP contribution is -3.00. The number of aromatic nitrogens is 1. The molecule has 0 unspecified atom stereocenters. The van der Waals surface area contributed by atoms with Crippen molar-refractivity contribution in [1.29, 1.82) is 0 Å². The van der Waals surface area contributed by atoms with Crippen molar-refractivity contribution in [2.75, 3.05) is 6.61 Å². The van der Waals surface area contributed by atoms with E-state index >= 15 is 0 Å². The molecule has 3 rings (SSSR count). The van der Waals surface area contributed by atoms with Crippen LogP contribution in [0.4, 0.5) is 0 Å². The Kier molecular flexibility index (Phi) is 6.19. The SMILES string of the molecule is Cc1cc2sc(C)[n+](CCCOc3ccccc3)c2cc1C.[Br-]. The van der Waals surface area contributed by atoms with Gasteiger partial charge in [0.15, 0.2) is 6.54 Å². The molecule has 0 saturated heterocycles. The first-order chi connectivity index (χ1) is 10.6. The van der Waals surface area contributed by atoms with Gasteiger partial charge in [-0.05, 0) is 43.2 Å². The smallest absolute Gasteiger partial charge is 0.235 e. The van der Waals surface area contributed by atoms with Gasteiger partial charge in [0.05, 0.1) is 6.61 Å². The summed E-state index contributed by atoms with van der Waals surface area (Å²) in [6.07, 6.45) is 1.01. The molecule has 23 heavy (non-hydrogen) atoms. The predicted octanol–water partition coefficient (Wildman–Crippen LogP) is 1.59. The lowest BCUT2D eigenvalue weighted by molar-refractivity contribution is -0.673. The molecular formula is C19H22BrNOS. The Labute approximate surface area is 152 Å². The molecule has 0 aliphatic carbocycles. The van der Waals surface area contributed by atoms with Gasteiger partial charge in [-0.25, -0.2) is 0 Å². The fourth-order valence-corrected chi connectivity index (χ4v) is 3.79. The molecule has 0 amide bonds. The Hall–Kier alpha value is -1.39. The van der Waals surface area contributed by atoms with Crippen LogP contribution in [0.3, 0.4) is 0 Å². The molecule has 0 fully saturated rings. The van der Waals surface area contributed by atoms with Gasteiger partial charge in [0.2, 0.25) is 10.5 Å². The summed E-state index contributed by atoms with van der Waals surface area (Å²) in [5.74, 6) is 0.950. The van der Waals surface area contributed by atoms with E-state index < -0.39 is 0 Å². The van der Waals surface area contributed by atoms with Crippen LogP contribution in [-0.4, -0.2) is 6.61 Å². The summed E-state index contributed by atoms with van der Waals surface area (Å²) >= 11 is 1.88. The fourth-order valence-electron chi connectivity index (χ4n) is 2.66. The highest BCUT2D eigenvalue weighted by atomic mass is 79.9. The van der Waals surface area contributed by atoms with Crippen LogP contribution in [-0.2, 0) is 6.54 Å². The van der Waals surface area contributed by atoms with Crippen molar-refractivity contribution in [2.45, 2.75) is 33.7 Å². The van der Waals surface area contributed by atoms with E-state index in [1.807, 2.05) is 41.7 Å². The zero-order chi connectivity index (χ0) is 15.5. The van der Waals surface area contributed by atoms with E-state index in [2.05, 4.69) is 37.5 Å². The number of rotatable bonds is 5. The second-order valence-electron chi connectivity index (χ2n) is 5.69. The van der Waals surface area contributed by atoms with Crippen molar-refractivity contribution >= 4 is 21.6 Å². The van der Waals surface area contributed by atoms with Crippen molar-refractivity contribution in [3.05, 3.63) is 58.6 Å². The van der Waals surface area contributed by atoms with Gasteiger partial charge < -0.3 is 21.7 Å². The quantitative estimate of drug-likeness (QED) is 0.475. The molecule has 2 aromatic carbocycles. The number of halogens is 1. The number of benzene rings is 2. The minimum atomic E-state index is 0. The van der Waals surface area contributed by atoms with Crippen LogP contribution in [0.2, 0.25) is 0 Å². The van der Waals surface area contributed by atoms with E-state index in [1.54, 1.807) is 0 Å². The first-order valence-corrected chi connectivity index (χ1v) is 8.55. The highest BCUT2D eigenvalue weighted by Crippen LogP contribution is 2.23. The Morgan fingerprint density at radius 2 is 1.70 bits per heavy atom. The maximum Gasteiger partial charge on any atom is 0.235 e. The normalized spacial score (nSPS) is 10.6. The number of thiazole rings is 1. The van der Waals surface area contributed by atoms with Crippen molar-refractivity contribution in [3.8, 4) is 5.75 Å². The van der Waals surface area contributed by atoms with Crippen molar-refractivity contribution in [1.82, 2.24) is 0 Å². The Bertz CT molecular complexity index is 783. The Balaban J connectivity index is 0.00000192. The molecule has 0 aliphatic rings. The van der Waals surface area contributed by atoms with Crippen LogP contribution in [0.5, 0.6) is 5.75 Å². The topological polar surface area (TPSA) is 13.1 Å². The summed E-state index contributed by atoms with van der Waals surface area (Å²) in [4.78, 5) is 0. The molecule has 0 bridgehead atoms. The van der Waals surface area contributed by atoms with Gasteiger partial charge in [-0.3, -0.25) is 0 Å². The fraction of sp³-hybridized carbons (Fsp3) is 0.316. The van der Waals surface area contributed by atoms with Crippen molar-refractivity contribution < 1.29 is 26.3 Å². The third-order valence-corrected chi connectivity index (χ3v) is 5.10. The second-order valence-corrected chi connectivity index (χ2v) is 6.93. The monoisotopic (exact) mass is 391 g/mol. The van der Waals surface area contributed by atoms with E-state index in [1.165, 1.54) is 26.4 Å². The molecule has 0 spiro atoms. The Morgan fingerprint density at radius 3 is 2.43 bits per heavy atom.